The number of hydrogen-bond acceptors (Lipinski definition) is 4. The van der Waals surface area contributed by atoms with Gasteiger partial charge in [-0.3, -0.25) is 0 Å². The molecule has 0 aromatic heterocycles. The molecule has 0 rings (SSSR count). The van der Waals surface area contributed by atoms with Gasteiger partial charge in [0.25, 0.3) is 0 Å². The topological polar surface area (TPSA) is 52.6 Å². The Bertz CT molecular complexity index is 96.6. The third kappa shape index (κ3) is 2.75. The molecule has 0 aliphatic carbocycles. The summed E-state index contributed by atoms with van der Waals surface area (Å²) in [5, 5.41) is 0. The van der Waals surface area contributed by atoms with E-state index < -0.39 is 11.9 Å². The summed E-state index contributed by atoms with van der Waals surface area (Å²) < 4.78 is 8.19. The zero-order valence-electron chi connectivity index (χ0n) is 3.63. The zero-order chi connectivity index (χ0) is 6.57. The molecular formula is C2O4Sn2. The molecule has 0 aromatic rings. The zero-order valence-corrected chi connectivity index (χ0v) is 9.34. The third-order valence-electron chi connectivity index (χ3n) is 0.352. The fourth-order valence-corrected chi connectivity index (χ4v) is 0.559. The number of rotatable bonds is 0. The van der Waals surface area contributed by atoms with Crippen molar-refractivity contribution in [2.24, 2.45) is 0 Å². The van der Waals surface area contributed by atoms with E-state index in [-0.39, 0.29) is 0 Å². The normalized spacial score (nSPS) is 7.75. The molecule has 0 aliphatic rings. The number of carbonyl (C=O) groups excluding carboxylic acids is 2. The van der Waals surface area contributed by atoms with E-state index in [1.165, 1.54) is 0 Å². The van der Waals surface area contributed by atoms with Crippen LogP contribution in [0.15, 0.2) is 0 Å². The Balaban J connectivity index is 3.64. The maximum absolute atomic E-state index is 10.1. The van der Waals surface area contributed by atoms with Gasteiger partial charge < -0.3 is 0 Å². The third-order valence-corrected chi connectivity index (χ3v) is 1.41. The van der Waals surface area contributed by atoms with Crippen LogP contribution in [0.2, 0.25) is 0 Å². The van der Waals surface area contributed by atoms with Crippen molar-refractivity contribution in [2.75, 3.05) is 0 Å². The quantitative estimate of drug-likeness (QED) is 0.391. The van der Waals surface area contributed by atoms with Gasteiger partial charge in [0.05, 0.1) is 0 Å². The number of hydrogen-bond donors (Lipinski definition) is 0. The molecule has 0 aliphatic heterocycles. The average molecular weight is 325 g/mol. The molecule has 6 radical (unpaired) electrons. The first-order valence-electron chi connectivity index (χ1n) is 1.47. The summed E-state index contributed by atoms with van der Waals surface area (Å²) in [5.41, 5.74) is 0. The molecule has 40 valence electrons. The Morgan fingerprint density at radius 1 is 1.00 bits per heavy atom. The van der Waals surface area contributed by atoms with Gasteiger partial charge >= 0.3 is 73.6 Å². The van der Waals surface area contributed by atoms with Gasteiger partial charge in [0, 0.05) is 0 Å². The van der Waals surface area contributed by atoms with E-state index in [1.54, 1.807) is 0 Å². The van der Waals surface area contributed by atoms with Crippen LogP contribution in [0, 0.1) is 0 Å². The number of carbonyl (C=O) groups is 2. The summed E-state index contributed by atoms with van der Waals surface area (Å²) >= 11 is 1.09. The predicted molar refractivity (Wildman–Crippen MR) is 23.7 cm³/mol. The van der Waals surface area contributed by atoms with Gasteiger partial charge in [-0.25, -0.2) is 0 Å². The molecule has 0 fully saturated rings. The fourth-order valence-electron chi connectivity index (χ4n) is 0.0833. The second kappa shape index (κ2) is 4.42. The van der Waals surface area contributed by atoms with Crippen molar-refractivity contribution in [3.63, 3.8) is 0 Å². The summed E-state index contributed by atoms with van der Waals surface area (Å²) in [5.74, 6) is -1.83. The van der Waals surface area contributed by atoms with E-state index in [4.69, 9.17) is 0 Å². The van der Waals surface area contributed by atoms with Crippen LogP contribution < -0.4 is 0 Å². The fraction of sp³-hybridized carbons (Fsp3) is 0. The van der Waals surface area contributed by atoms with Crippen LogP contribution in [-0.4, -0.2) is 57.8 Å². The van der Waals surface area contributed by atoms with Gasteiger partial charge in [-0.05, 0) is 0 Å². The Morgan fingerprint density at radius 3 is 1.38 bits per heavy atom. The van der Waals surface area contributed by atoms with Crippen molar-refractivity contribution in [1.82, 2.24) is 0 Å². The molecule has 0 amide bonds. The van der Waals surface area contributed by atoms with Gasteiger partial charge in [-0.15, -0.1) is 0 Å². The molecular weight excluding hydrogens is 325 g/mol. The first kappa shape index (κ1) is 8.54. The van der Waals surface area contributed by atoms with Crippen LogP contribution in [0.3, 0.4) is 0 Å². The first-order valence-corrected chi connectivity index (χ1v) is 3.81. The van der Waals surface area contributed by atoms with Crippen LogP contribution in [0.1, 0.15) is 0 Å². The summed E-state index contributed by atoms with van der Waals surface area (Å²) in [6, 6.07) is 0. The minimum absolute atomic E-state index is 0.547. The van der Waals surface area contributed by atoms with Crippen LogP contribution in [-0.2, 0) is 15.7 Å². The van der Waals surface area contributed by atoms with Gasteiger partial charge in [-0.1, -0.05) is 0 Å². The summed E-state index contributed by atoms with van der Waals surface area (Å²) in [4.78, 5) is 20.2. The van der Waals surface area contributed by atoms with E-state index in [0.29, 0.717) is 45.9 Å². The maximum atomic E-state index is 10.1. The minimum atomic E-state index is -0.917. The van der Waals surface area contributed by atoms with E-state index in [2.05, 4.69) is 6.15 Å². The van der Waals surface area contributed by atoms with Gasteiger partial charge in [0.15, 0.2) is 0 Å². The van der Waals surface area contributed by atoms with E-state index in [0.717, 1.165) is 0 Å². The van der Waals surface area contributed by atoms with Gasteiger partial charge in [-0.2, -0.15) is 0 Å². The molecule has 8 heavy (non-hydrogen) atoms. The Kier molecular flexibility index (Phi) is 4.72. The van der Waals surface area contributed by atoms with E-state index >= 15 is 0 Å². The Hall–Kier alpha value is 0.537. The summed E-state index contributed by atoms with van der Waals surface area (Å²) in [7, 11) is 0. The Morgan fingerprint density at radius 2 is 1.25 bits per heavy atom. The molecule has 0 bridgehead atoms. The molecule has 6 heteroatoms. The SMILES string of the molecule is O=C([O][Sn])C(=O)[O][Sn]. The standard InChI is InChI=1S/C2H2O4.2Sn/c3-1(4)2(5)6;;/h(H,3,4)(H,5,6);;/q;2*+1/p-2. The van der Waals surface area contributed by atoms with Crippen molar-refractivity contribution >= 4 is 57.8 Å². The second-order valence-corrected chi connectivity index (χ2v) is 1.94. The van der Waals surface area contributed by atoms with Crippen molar-refractivity contribution < 1.29 is 15.7 Å². The summed E-state index contributed by atoms with van der Waals surface area (Å²) in [6.07, 6.45) is 0. The molecule has 0 saturated heterocycles. The monoisotopic (exact) mass is 328 g/mol. The Labute approximate surface area is 73.2 Å². The molecule has 0 atom stereocenters. The van der Waals surface area contributed by atoms with Crippen molar-refractivity contribution in [3.8, 4) is 0 Å². The first-order chi connectivity index (χ1) is 3.72. The molecule has 0 spiro atoms. The molecule has 0 N–H and O–H groups in total. The van der Waals surface area contributed by atoms with E-state index in [1.807, 2.05) is 0 Å². The van der Waals surface area contributed by atoms with Gasteiger partial charge in [0.1, 0.15) is 0 Å². The molecule has 0 aromatic carbocycles. The van der Waals surface area contributed by atoms with Crippen molar-refractivity contribution in [2.45, 2.75) is 0 Å². The average Bonchev–Trinajstić information content (AvgIpc) is 1.84. The molecule has 0 saturated carbocycles. The van der Waals surface area contributed by atoms with Crippen LogP contribution in [0.5, 0.6) is 0 Å². The second-order valence-electron chi connectivity index (χ2n) is 0.779. The molecule has 0 heterocycles. The predicted octanol–water partition coefficient (Wildman–Crippen LogP) is -1.76. The van der Waals surface area contributed by atoms with Crippen LogP contribution in [0.4, 0.5) is 0 Å². The molecule has 0 unspecified atom stereocenters. The summed E-state index contributed by atoms with van der Waals surface area (Å²) in [6.45, 7) is 0. The molecule has 4 nitrogen and oxygen atoms in total. The van der Waals surface area contributed by atoms with Gasteiger partial charge in [0.2, 0.25) is 0 Å². The van der Waals surface area contributed by atoms with Crippen LogP contribution in [0.25, 0.3) is 0 Å². The van der Waals surface area contributed by atoms with Crippen molar-refractivity contribution in [1.29, 1.82) is 0 Å². The van der Waals surface area contributed by atoms with Crippen LogP contribution >= 0.6 is 0 Å². The van der Waals surface area contributed by atoms with E-state index in [9.17, 15) is 9.59 Å². The van der Waals surface area contributed by atoms with Crippen molar-refractivity contribution in [3.05, 3.63) is 0 Å².